The zero-order chi connectivity index (χ0) is 13.8. The minimum Gasteiger partial charge on any atom is -0.394 e. The molecule has 6 heteroatoms. The van der Waals surface area contributed by atoms with Gasteiger partial charge in [0.2, 0.25) is 0 Å². The van der Waals surface area contributed by atoms with E-state index in [0.29, 0.717) is 21.5 Å². The van der Waals surface area contributed by atoms with Crippen LogP contribution in [0.4, 0.5) is 0 Å². The molecular weight excluding hydrogens is 321 g/mol. The van der Waals surface area contributed by atoms with E-state index in [-0.39, 0.29) is 19.1 Å². The largest absolute Gasteiger partial charge is 0.394 e. The Labute approximate surface area is 119 Å². The van der Waals surface area contributed by atoms with Gasteiger partial charge >= 0.3 is 0 Å². The van der Waals surface area contributed by atoms with E-state index in [9.17, 15) is 15.0 Å². The van der Waals surface area contributed by atoms with E-state index in [2.05, 4.69) is 21.2 Å². The predicted octanol–water partition coefficient (Wildman–Crippen LogP) is 1.97. The molecule has 0 aliphatic heterocycles. The molecule has 1 rings (SSSR count). The summed E-state index contributed by atoms with van der Waals surface area (Å²) >= 11 is 9.11. The highest BCUT2D eigenvalue weighted by atomic mass is 79.9. The maximum Gasteiger partial charge on any atom is 0.251 e. The van der Waals surface area contributed by atoms with Crippen molar-refractivity contribution in [3.05, 3.63) is 33.3 Å². The third-order valence-electron chi connectivity index (χ3n) is 2.79. The maximum absolute atomic E-state index is 12.0. The molecular formula is C12H15BrClNO3. The van der Waals surface area contributed by atoms with Crippen LogP contribution < -0.4 is 5.32 Å². The Morgan fingerprint density at radius 1 is 1.39 bits per heavy atom. The Hall–Kier alpha value is -0.620. The van der Waals surface area contributed by atoms with Gasteiger partial charge in [-0.25, -0.2) is 0 Å². The van der Waals surface area contributed by atoms with Crippen molar-refractivity contribution in [2.45, 2.75) is 18.9 Å². The van der Waals surface area contributed by atoms with Crippen LogP contribution in [0.15, 0.2) is 22.7 Å². The summed E-state index contributed by atoms with van der Waals surface area (Å²) < 4.78 is 0.690. The van der Waals surface area contributed by atoms with Gasteiger partial charge in [0.1, 0.15) is 0 Å². The molecule has 1 aromatic carbocycles. The number of aliphatic hydroxyl groups is 2. The van der Waals surface area contributed by atoms with Gasteiger partial charge in [-0.15, -0.1) is 0 Å². The molecule has 0 atom stereocenters. The molecule has 18 heavy (non-hydrogen) atoms. The lowest BCUT2D eigenvalue weighted by Crippen LogP contribution is -2.53. The Morgan fingerprint density at radius 3 is 2.44 bits per heavy atom. The van der Waals surface area contributed by atoms with Gasteiger partial charge in [0, 0.05) is 15.1 Å². The number of carbonyl (C=O) groups excluding carboxylic acids is 1. The second kappa shape index (κ2) is 6.52. The molecule has 0 spiro atoms. The van der Waals surface area contributed by atoms with Gasteiger partial charge in [-0.2, -0.15) is 0 Å². The third kappa shape index (κ3) is 3.68. The quantitative estimate of drug-likeness (QED) is 0.770. The van der Waals surface area contributed by atoms with Gasteiger partial charge in [0.05, 0.1) is 18.8 Å². The Morgan fingerprint density at radius 2 is 2.00 bits per heavy atom. The average molecular weight is 337 g/mol. The summed E-state index contributed by atoms with van der Waals surface area (Å²) in [6.07, 6.45) is 0.424. The molecule has 0 aromatic heterocycles. The van der Waals surface area contributed by atoms with Gasteiger partial charge in [-0.05, 0) is 24.6 Å². The molecule has 0 unspecified atom stereocenters. The highest BCUT2D eigenvalue weighted by Crippen LogP contribution is 2.20. The van der Waals surface area contributed by atoms with Crippen LogP contribution in [0.1, 0.15) is 23.7 Å². The van der Waals surface area contributed by atoms with Crippen molar-refractivity contribution in [3.63, 3.8) is 0 Å². The fourth-order valence-electron chi connectivity index (χ4n) is 1.44. The summed E-state index contributed by atoms with van der Waals surface area (Å²) in [6, 6.07) is 4.82. The van der Waals surface area contributed by atoms with Crippen LogP contribution in [-0.2, 0) is 0 Å². The molecule has 4 nitrogen and oxygen atoms in total. The molecule has 0 heterocycles. The minimum absolute atomic E-state index is 0.326. The van der Waals surface area contributed by atoms with Crippen molar-refractivity contribution in [2.24, 2.45) is 0 Å². The van der Waals surface area contributed by atoms with E-state index in [0.717, 1.165) is 0 Å². The lowest BCUT2D eigenvalue weighted by Gasteiger charge is -2.29. The third-order valence-corrected chi connectivity index (χ3v) is 3.46. The lowest BCUT2D eigenvalue weighted by atomic mass is 9.98. The highest BCUT2D eigenvalue weighted by molar-refractivity contribution is 9.10. The molecule has 1 amide bonds. The van der Waals surface area contributed by atoms with Crippen LogP contribution in [0.5, 0.6) is 0 Å². The topological polar surface area (TPSA) is 69.6 Å². The van der Waals surface area contributed by atoms with Crippen LogP contribution in [0, 0.1) is 0 Å². The van der Waals surface area contributed by atoms with Crippen molar-refractivity contribution < 1.29 is 15.0 Å². The minimum atomic E-state index is -1.01. The summed E-state index contributed by atoms with van der Waals surface area (Å²) in [4.78, 5) is 12.0. The summed E-state index contributed by atoms with van der Waals surface area (Å²) in [7, 11) is 0. The lowest BCUT2D eigenvalue weighted by molar-refractivity contribution is 0.0653. The predicted molar refractivity (Wildman–Crippen MR) is 73.8 cm³/mol. The fraction of sp³-hybridized carbons (Fsp3) is 0.417. The van der Waals surface area contributed by atoms with Crippen molar-refractivity contribution in [1.29, 1.82) is 0 Å². The fourth-order valence-corrected chi connectivity index (χ4v) is 2.30. The van der Waals surface area contributed by atoms with Gasteiger partial charge in [-0.1, -0.05) is 34.5 Å². The first kappa shape index (κ1) is 15.4. The van der Waals surface area contributed by atoms with Crippen molar-refractivity contribution in [1.82, 2.24) is 5.32 Å². The van der Waals surface area contributed by atoms with Crippen molar-refractivity contribution in [2.75, 3.05) is 13.2 Å². The van der Waals surface area contributed by atoms with E-state index >= 15 is 0 Å². The Balaban J connectivity index is 2.94. The Kier molecular flexibility index (Phi) is 5.59. The van der Waals surface area contributed by atoms with E-state index in [1.165, 1.54) is 6.07 Å². The number of rotatable bonds is 5. The first-order chi connectivity index (χ1) is 8.46. The van der Waals surface area contributed by atoms with E-state index in [4.69, 9.17) is 11.6 Å². The number of halogens is 2. The van der Waals surface area contributed by atoms with Crippen LogP contribution in [0.3, 0.4) is 0 Å². The molecule has 3 N–H and O–H groups in total. The van der Waals surface area contributed by atoms with Crippen molar-refractivity contribution in [3.8, 4) is 0 Å². The maximum atomic E-state index is 12.0. The molecule has 0 aliphatic carbocycles. The average Bonchev–Trinajstić information content (AvgIpc) is 2.35. The van der Waals surface area contributed by atoms with Gasteiger partial charge in [0.15, 0.2) is 0 Å². The molecule has 0 saturated heterocycles. The van der Waals surface area contributed by atoms with Crippen molar-refractivity contribution >= 4 is 33.4 Å². The Bertz CT molecular complexity index is 407. The smallest absolute Gasteiger partial charge is 0.251 e. The molecule has 0 saturated carbocycles. The SMILES string of the molecule is CCC(CO)(CO)NC(=O)c1cc(Cl)cc(Br)c1. The van der Waals surface area contributed by atoms with Crippen LogP contribution in [0.2, 0.25) is 5.02 Å². The molecule has 100 valence electrons. The highest BCUT2D eigenvalue weighted by Gasteiger charge is 2.29. The zero-order valence-electron chi connectivity index (χ0n) is 9.91. The number of carbonyl (C=O) groups is 1. The van der Waals surface area contributed by atoms with Crippen LogP contribution >= 0.6 is 27.5 Å². The molecule has 1 aromatic rings. The molecule has 0 fully saturated rings. The monoisotopic (exact) mass is 335 g/mol. The summed E-state index contributed by atoms with van der Waals surface area (Å²) in [5, 5.41) is 21.6. The normalized spacial score (nSPS) is 11.4. The van der Waals surface area contributed by atoms with Gasteiger partial charge in [0.25, 0.3) is 5.91 Å². The molecule has 0 radical (unpaired) electrons. The van der Waals surface area contributed by atoms with E-state index in [1.54, 1.807) is 19.1 Å². The van der Waals surface area contributed by atoms with E-state index < -0.39 is 5.54 Å². The van der Waals surface area contributed by atoms with Gasteiger partial charge in [-0.3, -0.25) is 4.79 Å². The second-order valence-electron chi connectivity index (χ2n) is 4.06. The second-order valence-corrected chi connectivity index (χ2v) is 5.41. The molecule has 0 bridgehead atoms. The number of hydrogen-bond donors (Lipinski definition) is 3. The number of hydrogen-bond acceptors (Lipinski definition) is 3. The van der Waals surface area contributed by atoms with Gasteiger partial charge < -0.3 is 15.5 Å². The number of benzene rings is 1. The summed E-state index contributed by atoms with van der Waals surface area (Å²) in [5.41, 5.74) is -0.639. The standard InChI is InChI=1S/C12H15BrClNO3/c1-2-12(6-16,7-17)15-11(18)8-3-9(13)5-10(14)4-8/h3-5,16-17H,2,6-7H2,1H3,(H,15,18). The van der Waals surface area contributed by atoms with Crippen LogP contribution in [0.25, 0.3) is 0 Å². The van der Waals surface area contributed by atoms with Crippen LogP contribution in [-0.4, -0.2) is 34.9 Å². The zero-order valence-corrected chi connectivity index (χ0v) is 12.3. The molecule has 0 aliphatic rings. The summed E-state index contributed by atoms with van der Waals surface area (Å²) in [5.74, 6) is -0.386. The first-order valence-corrected chi connectivity index (χ1v) is 6.64. The van der Waals surface area contributed by atoms with E-state index in [1.807, 2.05) is 0 Å². The number of aliphatic hydroxyl groups excluding tert-OH is 2. The number of amides is 1. The number of nitrogens with one attached hydrogen (secondary N) is 1. The summed E-state index contributed by atoms with van der Waals surface area (Å²) in [6.45, 7) is 1.13. The first-order valence-electron chi connectivity index (χ1n) is 5.46.